The van der Waals surface area contributed by atoms with Crippen molar-refractivity contribution in [2.24, 2.45) is 5.41 Å². The minimum absolute atomic E-state index is 0.208. The highest BCUT2D eigenvalue weighted by atomic mass is 16.5. The average Bonchev–Trinajstić information content (AvgIpc) is 2.04. The second-order valence-electron chi connectivity index (χ2n) is 4.90. The second-order valence-corrected chi connectivity index (χ2v) is 4.90. The van der Waals surface area contributed by atoms with Crippen LogP contribution in [-0.2, 0) is 4.74 Å². The highest BCUT2D eigenvalue weighted by molar-refractivity contribution is 5.05. The summed E-state index contributed by atoms with van der Waals surface area (Å²) in [5, 5.41) is 0. The third kappa shape index (κ3) is 3.15. The van der Waals surface area contributed by atoms with Crippen molar-refractivity contribution in [3.05, 3.63) is 11.6 Å². The van der Waals surface area contributed by atoms with Crippen LogP contribution in [-0.4, -0.2) is 12.7 Å². The van der Waals surface area contributed by atoms with Gasteiger partial charge in [-0.2, -0.15) is 0 Å². The SMILES string of the molecule is CC(C)=CC(C)(C)C1CCCCO1. The summed E-state index contributed by atoms with van der Waals surface area (Å²) < 4.78 is 5.80. The predicted molar refractivity (Wildman–Crippen MR) is 56.8 cm³/mol. The van der Waals surface area contributed by atoms with Gasteiger partial charge in [0, 0.05) is 12.0 Å². The van der Waals surface area contributed by atoms with E-state index in [1.807, 2.05) is 0 Å². The molecule has 1 aliphatic heterocycles. The Kier molecular flexibility index (Phi) is 3.55. The molecule has 1 nitrogen and oxygen atoms in total. The fourth-order valence-corrected chi connectivity index (χ4v) is 2.16. The van der Waals surface area contributed by atoms with Crippen LogP contribution in [0, 0.1) is 5.41 Å². The van der Waals surface area contributed by atoms with E-state index in [1.165, 1.54) is 24.8 Å². The smallest absolute Gasteiger partial charge is 0.0660 e. The van der Waals surface area contributed by atoms with Crippen molar-refractivity contribution in [1.82, 2.24) is 0 Å². The summed E-state index contributed by atoms with van der Waals surface area (Å²) >= 11 is 0. The van der Waals surface area contributed by atoms with Crippen molar-refractivity contribution in [3.63, 3.8) is 0 Å². The minimum Gasteiger partial charge on any atom is -0.377 e. The van der Waals surface area contributed by atoms with E-state index in [1.54, 1.807) is 0 Å². The lowest BCUT2D eigenvalue weighted by atomic mass is 9.81. The standard InChI is InChI=1S/C12H22O/c1-10(2)9-12(3,4)11-7-5-6-8-13-11/h9,11H,5-8H2,1-4H3. The molecule has 0 amide bonds. The quantitative estimate of drug-likeness (QED) is 0.593. The predicted octanol–water partition coefficient (Wildman–Crippen LogP) is 3.55. The Bertz CT molecular complexity index is 181. The molecule has 1 fully saturated rings. The molecule has 0 saturated carbocycles. The van der Waals surface area contributed by atoms with Crippen molar-refractivity contribution < 1.29 is 4.74 Å². The molecule has 1 aliphatic rings. The van der Waals surface area contributed by atoms with Gasteiger partial charge in [-0.25, -0.2) is 0 Å². The Morgan fingerprint density at radius 3 is 2.46 bits per heavy atom. The van der Waals surface area contributed by atoms with Gasteiger partial charge in [-0.1, -0.05) is 25.5 Å². The highest BCUT2D eigenvalue weighted by Crippen LogP contribution is 2.32. The lowest BCUT2D eigenvalue weighted by Gasteiger charge is -2.35. The fourth-order valence-electron chi connectivity index (χ4n) is 2.16. The number of hydrogen-bond donors (Lipinski definition) is 0. The maximum Gasteiger partial charge on any atom is 0.0660 e. The molecule has 0 aromatic carbocycles. The Labute approximate surface area is 82.2 Å². The van der Waals surface area contributed by atoms with Crippen LogP contribution in [0.4, 0.5) is 0 Å². The van der Waals surface area contributed by atoms with Crippen molar-refractivity contribution >= 4 is 0 Å². The Hall–Kier alpha value is -0.300. The molecule has 1 heterocycles. The first kappa shape index (κ1) is 10.8. The summed E-state index contributed by atoms with van der Waals surface area (Å²) in [6, 6.07) is 0. The molecule has 0 spiro atoms. The van der Waals surface area contributed by atoms with Crippen LogP contribution >= 0.6 is 0 Å². The molecule has 0 aromatic rings. The number of rotatable bonds is 2. The zero-order valence-corrected chi connectivity index (χ0v) is 9.39. The van der Waals surface area contributed by atoms with Crippen LogP contribution in [0.15, 0.2) is 11.6 Å². The van der Waals surface area contributed by atoms with E-state index >= 15 is 0 Å². The van der Waals surface area contributed by atoms with Crippen molar-refractivity contribution in [2.45, 2.75) is 53.1 Å². The van der Waals surface area contributed by atoms with Crippen LogP contribution in [0.3, 0.4) is 0 Å². The molecule has 0 aromatic heterocycles. The molecular formula is C12H22O. The highest BCUT2D eigenvalue weighted by Gasteiger charge is 2.29. The van der Waals surface area contributed by atoms with Gasteiger partial charge in [0.05, 0.1) is 6.10 Å². The summed E-state index contributed by atoms with van der Waals surface area (Å²) in [4.78, 5) is 0. The molecule has 1 heteroatoms. The molecule has 13 heavy (non-hydrogen) atoms. The lowest BCUT2D eigenvalue weighted by molar-refractivity contribution is -0.0369. The number of hydrogen-bond acceptors (Lipinski definition) is 1. The molecule has 1 rings (SSSR count). The maximum absolute atomic E-state index is 5.80. The van der Waals surface area contributed by atoms with Gasteiger partial charge in [0.15, 0.2) is 0 Å². The van der Waals surface area contributed by atoms with Crippen LogP contribution in [0.5, 0.6) is 0 Å². The molecule has 1 atom stereocenters. The van der Waals surface area contributed by atoms with Gasteiger partial charge in [-0.15, -0.1) is 0 Å². The van der Waals surface area contributed by atoms with Gasteiger partial charge >= 0.3 is 0 Å². The average molecular weight is 182 g/mol. The molecule has 1 unspecified atom stereocenters. The summed E-state index contributed by atoms with van der Waals surface area (Å²) in [6.45, 7) is 9.81. The van der Waals surface area contributed by atoms with Gasteiger partial charge in [-0.3, -0.25) is 0 Å². The topological polar surface area (TPSA) is 9.23 Å². The van der Waals surface area contributed by atoms with Gasteiger partial charge in [-0.05, 0) is 33.1 Å². The van der Waals surface area contributed by atoms with E-state index in [0.29, 0.717) is 6.10 Å². The van der Waals surface area contributed by atoms with E-state index in [4.69, 9.17) is 4.74 Å². The Morgan fingerprint density at radius 1 is 1.31 bits per heavy atom. The van der Waals surface area contributed by atoms with Crippen LogP contribution in [0.2, 0.25) is 0 Å². The number of ether oxygens (including phenoxy) is 1. The van der Waals surface area contributed by atoms with Crippen LogP contribution in [0.25, 0.3) is 0 Å². The van der Waals surface area contributed by atoms with Crippen LogP contribution < -0.4 is 0 Å². The Balaban J connectivity index is 2.61. The van der Waals surface area contributed by atoms with E-state index < -0.39 is 0 Å². The fraction of sp³-hybridized carbons (Fsp3) is 0.833. The molecule has 0 aliphatic carbocycles. The van der Waals surface area contributed by atoms with E-state index in [9.17, 15) is 0 Å². The molecule has 0 radical (unpaired) electrons. The zero-order chi connectivity index (χ0) is 9.90. The first-order valence-electron chi connectivity index (χ1n) is 5.30. The maximum atomic E-state index is 5.80. The number of allylic oxidation sites excluding steroid dienone is 1. The summed E-state index contributed by atoms with van der Waals surface area (Å²) in [7, 11) is 0. The first-order valence-corrected chi connectivity index (χ1v) is 5.30. The van der Waals surface area contributed by atoms with Crippen LogP contribution in [0.1, 0.15) is 47.0 Å². The zero-order valence-electron chi connectivity index (χ0n) is 9.39. The molecular weight excluding hydrogens is 160 g/mol. The van der Waals surface area contributed by atoms with E-state index in [2.05, 4.69) is 33.8 Å². The molecule has 0 bridgehead atoms. The summed E-state index contributed by atoms with van der Waals surface area (Å²) in [5.41, 5.74) is 1.60. The normalized spacial score (nSPS) is 24.2. The lowest BCUT2D eigenvalue weighted by Crippen LogP contribution is -2.33. The van der Waals surface area contributed by atoms with Gasteiger partial charge in [0.1, 0.15) is 0 Å². The van der Waals surface area contributed by atoms with Crippen molar-refractivity contribution in [3.8, 4) is 0 Å². The van der Waals surface area contributed by atoms with Gasteiger partial charge in [0.2, 0.25) is 0 Å². The minimum atomic E-state index is 0.208. The monoisotopic (exact) mass is 182 g/mol. The molecule has 76 valence electrons. The molecule has 1 saturated heterocycles. The van der Waals surface area contributed by atoms with E-state index in [0.717, 1.165) is 6.61 Å². The second kappa shape index (κ2) is 4.28. The van der Waals surface area contributed by atoms with Gasteiger partial charge in [0.25, 0.3) is 0 Å². The van der Waals surface area contributed by atoms with Gasteiger partial charge < -0.3 is 4.74 Å². The summed E-state index contributed by atoms with van der Waals surface area (Å²) in [6.07, 6.45) is 6.54. The van der Waals surface area contributed by atoms with Crippen molar-refractivity contribution in [1.29, 1.82) is 0 Å². The third-order valence-electron chi connectivity index (χ3n) is 2.67. The largest absolute Gasteiger partial charge is 0.377 e. The first-order chi connectivity index (χ1) is 6.02. The van der Waals surface area contributed by atoms with Crippen molar-refractivity contribution in [2.75, 3.05) is 6.61 Å². The molecule has 0 N–H and O–H groups in total. The van der Waals surface area contributed by atoms with E-state index in [-0.39, 0.29) is 5.41 Å². The summed E-state index contributed by atoms with van der Waals surface area (Å²) in [5.74, 6) is 0. The third-order valence-corrected chi connectivity index (χ3v) is 2.67. The Morgan fingerprint density at radius 2 is 2.00 bits per heavy atom.